The van der Waals surface area contributed by atoms with Crippen LogP contribution >= 0.6 is 11.3 Å². The van der Waals surface area contributed by atoms with Gasteiger partial charge in [-0.2, -0.15) is 0 Å². The summed E-state index contributed by atoms with van der Waals surface area (Å²) < 4.78 is 5.27. The Morgan fingerprint density at radius 3 is 2.63 bits per heavy atom. The van der Waals surface area contributed by atoms with Gasteiger partial charge in [0.2, 0.25) is 11.0 Å². The number of carbonyl (C=O) groups is 2. The number of hydrogen-bond donors (Lipinski definition) is 2. The van der Waals surface area contributed by atoms with Gasteiger partial charge in [0.1, 0.15) is 16.8 Å². The Balaban J connectivity index is 1.42. The normalized spacial score (nSPS) is 15.6. The second kappa shape index (κ2) is 8.91. The lowest BCUT2D eigenvalue weighted by Crippen LogP contribution is -2.45. The molecule has 1 atom stereocenters. The first kappa shape index (κ1) is 19.8. The molecule has 1 fully saturated rings. The monoisotopic (exact) mass is 423 g/mol. The third-order valence-corrected chi connectivity index (χ3v) is 5.73. The number of anilines is 2. The molecule has 1 unspecified atom stereocenters. The van der Waals surface area contributed by atoms with Crippen LogP contribution in [0.15, 0.2) is 54.6 Å². The van der Waals surface area contributed by atoms with Gasteiger partial charge in [0.25, 0.3) is 0 Å². The molecule has 1 aliphatic heterocycles. The van der Waals surface area contributed by atoms with Crippen molar-refractivity contribution < 1.29 is 14.3 Å². The smallest absolute Gasteiger partial charge is 0.322 e. The summed E-state index contributed by atoms with van der Waals surface area (Å²) in [6.45, 7) is 0.504. The third-order valence-electron chi connectivity index (χ3n) is 4.84. The predicted octanol–water partition coefficient (Wildman–Crippen LogP) is 3.85. The molecule has 30 heavy (non-hydrogen) atoms. The highest BCUT2D eigenvalue weighted by Crippen LogP contribution is 2.28. The fraction of sp³-hybridized carbons (Fsp3) is 0.238. The minimum Gasteiger partial charge on any atom is -0.495 e. The molecule has 2 heterocycles. The van der Waals surface area contributed by atoms with E-state index < -0.39 is 6.04 Å². The molecular formula is C21H21N5O3S. The summed E-state index contributed by atoms with van der Waals surface area (Å²) in [7, 11) is 1.54. The van der Waals surface area contributed by atoms with Crippen LogP contribution in [0.1, 0.15) is 12.8 Å². The first-order chi connectivity index (χ1) is 14.7. The van der Waals surface area contributed by atoms with E-state index in [2.05, 4.69) is 20.8 Å². The van der Waals surface area contributed by atoms with Crippen molar-refractivity contribution in [2.75, 3.05) is 24.3 Å². The average molecular weight is 423 g/mol. The van der Waals surface area contributed by atoms with Crippen LogP contribution in [0.3, 0.4) is 0 Å². The maximum absolute atomic E-state index is 12.8. The van der Waals surface area contributed by atoms with Gasteiger partial charge in [-0.05, 0) is 25.0 Å². The maximum Gasteiger partial charge on any atom is 0.322 e. The van der Waals surface area contributed by atoms with Crippen LogP contribution in [-0.4, -0.2) is 46.7 Å². The highest BCUT2D eigenvalue weighted by atomic mass is 32.1. The Labute approximate surface area is 177 Å². The number of ether oxygens (including phenoxy) is 1. The molecule has 1 saturated heterocycles. The van der Waals surface area contributed by atoms with Gasteiger partial charge >= 0.3 is 6.03 Å². The number of methoxy groups -OCH3 is 1. The van der Waals surface area contributed by atoms with Gasteiger partial charge in [-0.15, -0.1) is 10.2 Å². The van der Waals surface area contributed by atoms with Gasteiger partial charge in [-0.3, -0.25) is 10.1 Å². The second-order valence-electron chi connectivity index (χ2n) is 6.75. The summed E-state index contributed by atoms with van der Waals surface area (Å²) in [5.41, 5.74) is 1.50. The molecule has 9 heteroatoms. The van der Waals surface area contributed by atoms with E-state index in [1.165, 1.54) is 11.3 Å². The number of likely N-dealkylation sites (tertiary alicyclic amines) is 1. The Bertz CT molecular complexity index is 1040. The second-order valence-corrected chi connectivity index (χ2v) is 7.73. The van der Waals surface area contributed by atoms with Gasteiger partial charge in [0, 0.05) is 12.1 Å². The number of hydrogen-bond acceptors (Lipinski definition) is 6. The summed E-state index contributed by atoms with van der Waals surface area (Å²) in [5.74, 6) is 0.298. The number of amides is 3. The largest absolute Gasteiger partial charge is 0.495 e. The van der Waals surface area contributed by atoms with Crippen LogP contribution < -0.4 is 15.4 Å². The van der Waals surface area contributed by atoms with E-state index >= 15 is 0 Å². The molecule has 0 saturated carbocycles. The molecule has 0 spiro atoms. The summed E-state index contributed by atoms with van der Waals surface area (Å²) in [6, 6.07) is 15.9. The predicted molar refractivity (Wildman–Crippen MR) is 116 cm³/mol. The van der Waals surface area contributed by atoms with E-state index in [-0.39, 0.29) is 11.9 Å². The van der Waals surface area contributed by atoms with Crippen molar-refractivity contribution in [3.63, 3.8) is 0 Å². The number of benzene rings is 2. The lowest BCUT2D eigenvalue weighted by molar-refractivity contribution is -0.119. The van der Waals surface area contributed by atoms with Gasteiger partial charge in [-0.1, -0.05) is 53.8 Å². The first-order valence-electron chi connectivity index (χ1n) is 9.56. The van der Waals surface area contributed by atoms with Crippen molar-refractivity contribution in [1.29, 1.82) is 0 Å². The molecule has 1 aliphatic rings. The lowest BCUT2D eigenvalue weighted by Gasteiger charge is -2.24. The molecule has 3 amide bonds. The van der Waals surface area contributed by atoms with Gasteiger partial charge in [0.05, 0.1) is 12.8 Å². The number of urea groups is 1. The minimum absolute atomic E-state index is 0.265. The Kier molecular flexibility index (Phi) is 5.89. The number of rotatable bonds is 5. The number of carbonyl (C=O) groups excluding carboxylic acids is 2. The third kappa shape index (κ3) is 4.25. The van der Waals surface area contributed by atoms with Crippen molar-refractivity contribution in [3.05, 3.63) is 54.6 Å². The zero-order chi connectivity index (χ0) is 20.9. The fourth-order valence-electron chi connectivity index (χ4n) is 3.38. The highest BCUT2D eigenvalue weighted by molar-refractivity contribution is 7.18. The van der Waals surface area contributed by atoms with E-state index in [9.17, 15) is 9.59 Å². The van der Waals surface area contributed by atoms with E-state index in [1.807, 2.05) is 42.5 Å². The van der Waals surface area contributed by atoms with Crippen LogP contribution in [0.5, 0.6) is 5.75 Å². The molecule has 154 valence electrons. The lowest BCUT2D eigenvalue weighted by atomic mass is 10.2. The Morgan fingerprint density at radius 1 is 1.07 bits per heavy atom. The number of aromatic nitrogens is 2. The Hall–Kier alpha value is -3.46. The van der Waals surface area contributed by atoms with Crippen LogP contribution in [-0.2, 0) is 4.79 Å². The average Bonchev–Trinajstić information content (AvgIpc) is 3.45. The topological polar surface area (TPSA) is 96.5 Å². The van der Waals surface area contributed by atoms with Crippen LogP contribution in [0.2, 0.25) is 0 Å². The standard InChI is InChI=1S/C21H21N5O3S/c1-29-17-12-6-5-10-15(17)22-21(28)26-13-7-11-16(26)18(27)23-20-25-24-19(30-20)14-8-3-2-4-9-14/h2-6,8-10,12,16H,7,11,13H2,1H3,(H,22,28)(H,23,25,27). The zero-order valence-corrected chi connectivity index (χ0v) is 17.2. The summed E-state index contributed by atoms with van der Waals surface area (Å²) in [5, 5.41) is 15.0. The van der Waals surface area contributed by atoms with Crippen LogP contribution in [0.25, 0.3) is 10.6 Å². The molecular weight excluding hydrogens is 402 g/mol. The molecule has 2 aromatic carbocycles. The number of nitrogens with zero attached hydrogens (tertiary/aromatic N) is 3. The number of nitrogens with one attached hydrogen (secondary N) is 2. The quantitative estimate of drug-likeness (QED) is 0.650. The van der Waals surface area contributed by atoms with Gasteiger partial charge < -0.3 is 15.0 Å². The summed E-state index contributed by atoms with van der Waals surface area (Å²) >= 11 is 1.30. The zero-order valence-electron chi connectivity index (χ0n) is 16.4. The summed E-state index contributed by atoms with van der Waals surface area (Å²) in [4.78, 5) is 27.2. The molecule has 1 aromatic heterocycles. The Morgan fingerprint density at radius 2 is 1.83 bits per heavy atom. The van der Waals surface area contributed by atoms with E-state index in [4.69, 9.17) is 4.74 Å². The molecule has 8 nitrogen and oxygen atoms in total. The summed E-state index contributed by atoms with van der Waals surface area (Å²) in [6.07, 6.45) is 1.35. The van der Waals surface area contributed by atoms with Crippen molar-refractivity contribution >= 4 is 34.1 Å². The molecule has 4 rings (SSSR count). The SMILES string of the molecule is COc1ccccc1NC(=O)N1CCCC1C(=O)Nc1nnc(-c2ccccc2)s1. The highest BCUT2D eigenvalue weighted by Gasteiger charge is 2.35. The van der Waals surface area contributed by atoms with Crippen molar-refractivity contribution in [2.24, 2.45) is 0 Å². The van der Waals surface area contributed by atoms with Crippen molar-refractivity contribution in [1.82, 2.24) is 15.1 Å². The minimum atomic E-state index is -0.566. The van der Waals surface area contributed by atoms with Crippen LogP contribution in [0, 0.1) is 0 Å². The van der Waals surface area contributed by atoms with E-state index in [0.29, 0.717) is 29.5 Å². The van der Waals surface area contributed by atoms with Gasteiger partial charge in [-0.25, -0.2) is 4.79 Å². The molecule has 2 N–H and O–H groups in total. The van der Waals surface area contributed by atoms with E-state index in [0.717, 1.165) is 17.0 Å². The number of para-hydroxylation sites is 2. The molecule has 3 aromatic rings. The van der Waals surface area contributed by atoms with Crippen molar-refractivity contribution in [3.8, 4) is 16.3 Å². The van der Waals surface area contributed by atoms with Crippen molar-refractivity contribution in [2.45, 2.75) is 18.9 Å². The van der Waals surface area contributed by atoms with Crippen LogP contribution in [0.4, 0.5) is 15.6 Å². The van der Waals surface area contributed by atoms with E-state index in [1.54, 1.807) is 24.1 Å². The molecule has 0 radical (unpaired) electrons. The fourth-order valence-corrected chi connectivity index (χ4v) is 4.13. The maximum atomic E-state index is 12.8. The first-order valence-corrected chi connectivity index (χ1v) is 10.4. The molecule has 0 aliphatic carbocycles. The molecule has 0 bridgehead atoms. The van der Waals surface area contributed by atoms with Gasteiger partial charge in [0.15, 0.2) is 0 Å².